The standard InChI is InChI=1S/C20H34BClN2O3Si.C14H23Cl2NO2Si.C12H23B2NO3.2CH4/c1-20(2,3)28(5,6)27-14-17(13-25)16-11-18(22)19(23-12-16)15-7-9-24(10-8-15)21(4)26;1-14(2,3)20(4,5)19-9-11(8-18)10-6-12(15)13(16)17-7-10;1-11(2)12(3,4)18-14(17-11)10-6-8-15(9-7-10)13(5)16;;/h7,11-12,17,25-26H,8-10,13-14H2,1-6H3;6-7,11,18H,8-9H2,1-5H3;6,16H,7-9H2,1-5H3;2*1H4. The van der Waals surface area contributed by atoms with E-state index in [1.807, 2.05) is 15.7 Å². The van der Waals surface area contributed by atoms with Crippen molar-refractivity contribution < 1.29 is 38.4 Å². The van der Waals surface area contributed by atoms with E-state index < -0.39 is 23.7 Å². The van der Waals surface area contributed by atoms with Gasteiger partial charge in [0.2, 0.25) is 0 Å². The van der Waals surface area contributed by atoms with Crippen LogP contribution < -0.4 is 0 Å². The van der Waals surface area contributed by atoms with E-state index >= 15 is 0 Å². The van der Waals surface area contributed by atoms with E-state index in [4.69, 9.17) is 53.0 Å². The number of aromatic nitrogens is 2. The third-order valence-corrected chi connectivity index (χ3v) is 24.4. The zero-order valence-electron chi connectivity index (χ0n) is 42.8. The van der Waals surface area contributed by atoms with Gasteiger partial charge < -0.3 is 48.0 Å². The fourth-order valence-electron chi connectivity index (χ4n) is 6.62. The Morgan fingerprint density at radius 3 is 1.47 bits per heavy atom. The highest BCUT2D eigenvalue weighted by Crippen LogP contribution is 2.41. The van der Waals surface area contributed by atoms with Gasteiger partial charge in [0.25, 0.3) is 0 Å². The lowest BCUT2D eigenvalue weighted by molar-refractivity contribution is 0.00578. The highest BCUT2D eigenvalue weighted by atomic mass is 35.5. The molecule has 68 heavy (non-hydrogen) atoms. The Labute approximate surface area is 430 Å². The Balaban J connectivity index is 0.000000517. The summed E-state index contributed by atoms with van der Waals surface area (Å²) in [5.74, 6) is -0.273. The van der Waals surface area contributed by atoms with Gasteiger partial charge in [0.05, 0.1) is 40.2 Å². The smallest absolute Gasteiger partial charge is 0.437 e. The van der Waals surface area contributed by atoms with Crippen molar-refractivity contribution in [2.75, 3.05) is 52.6 Å². The molecule has 5 heterocycles. The maximum absolute atomic E-state index is 9.89. The van der Waals surface area contributed by atoms with Gasteiger partial charge in [-0.3, -0.25) is 4.98 Å². The summed E-state index contributed by atoms with van der Waals surface area (Å²) < 4.78 is 24.5. The molecule has 2 aromatic heterocycles. The molecule has 0 amide bonds. The average Bonchev–Trinajstić information content (AvgIpc) is 3.44. The van der Waals surface area contributed by atoms with Crippen molar-refractivity contribution in [3.05, 3.63) is 74.2 Å². The lowest BCUT2D eigenvalue weighted by Gasteiger charge is -2.37. The summed E-state index contributed by atoms with van der Waals surface area (Å²) in [7, 11) is -4.78. The molecule has 0 aromatic carbocycles. The van der Waals surface area contributed by atoms with Gasteiger partial charge in [-0.2, -0.15) is 0 Å². The van der Waals surface area contributed by atoms with E-state index in [2.05, 4.69) is 118 Å². The van der Waals surface area contributed by atoms with Crippen molar-refractivity contribution in [1.29, 1.82) is 0 Å². The summed E-state index contributed by atoms with van der Waals surface area (Å²) >= 11 is 18.3. The molecule has 2 atom stereocenters. The molecule has 3 aliphatic heterocycles. The molecule has 0 spiro atoms. The van der Waals surface area contributed by atoms with E-state index in [0.717, 1.165) is 54.9 Å². The van der Waals surface area contributed by atoms with Crippen molar-refractivity contribution in [3.63, 3.8) is 0 Å². The number of hydrogen-bond donors (Lipinski definition) is 4. The number of hydrogen-bond acceptors (Lipinski definition) is 12. The third kappa shape index (κ3) is 17.8. The van der Waals surface area contributed by atoms with Crippen LogP contribution >= 0.6 is 34.8 Å². The second-order valence-electron chi connectivity index (χ2n) is 21.9. The number of aliphatic hydroxyl groups is 2. The molecule has 20 heteroatoms. The molecule has 2 aromatic rings. The van der Waals surface area contributed by atoms with Gasteiger partial charge in [-0.25, -0.2) is 4.98 Å². The Morgan fingerprint density at radius 1 is 0.721 bits per heavy atom. The van der Waals surface area contributed by atoms with Crippen LogP contribution in [0.4, 0.5) is 0 Å². The van der Waals surface area contributed by atoms with Crippen molar-refractivity contribution in [3.8, 4) is 0 Å². The predicted octanol–water partition coefficient (Wildman–Crippen LogP) is 11.2. The highest BCUT2D eigenvalue weighted by molar-refractivity contribution is 6.74. The number of pyridine rings is 2. The number of nitrogens with zero attached hydrogens (tertiary/aromatic N) is 4. The SMILES string of the molecule is C.C.CB(O)N1CC=C(B2OC(C)(C)C(C)(C)O2)CC1.CB(O)N1CC=C(c2ncc(C(CO)CO[Si](C)(C)C(C)(C)C)cc2Cl)CC1.CC(C)(C)[Si](C)(C)OCC(CO)c1cnc(Cl)c(Cl)c1. The fraction of sp³-hybridized carbons (Fsp3) is 0.708. The minimum absolute atomic E-state index is 0. The van der Waals surface area contributed by atoms with Crippen molar-refractivity contribution in [1.82, 2.24) is 19.6 Å². The molecule has 2 unspecified atom stereocenters. The van der Waals surface area contributed by atoms with Crippen molar-refractivity contribution >= 4 is 78.2 Å². The van der Waals surface area contributed by atoms with Gasteiger partial charge >= 0.3 is 21.2 Å². The summed E-state index contributed by atoms with van der Waals surface area (Å²) in [6, 6.07) is 3.65. The summed E-state index contributed by atoms with van der Waals surface area (Å²) in [6.07, 6.45) is 9.34. The van der Waals surface area contributed by atoms with Gasteiger partial charge in [-0.15, -0.1) is 0 Å². The van der Waals surface area contributed by atoms with Gasteiger partial charge in [0.1, 0.15) is 5.15 Å². The van der Waals surface area contributed by atoms with Crippen molar-refractivity contribution in [2.45, 2.75) is 170 Å². The molecule has 0 radical (unpaired) electrons. The lowest BCUT2D eigenvalue weighted by atomic mass is 9.72. The Kier molecular flexibility index (Phi) is 25.5. The Bertz CT molecular complexity index is 1940. The second-order valence-corrected chi connectivity index (χ2v) is 32.7. The molecular formula is C48H88B3Cl3N4O8Si2. The summed E-state index contributed by atoms with van der Waals surface area (Å²) in [4.78, 5) is 12.6. The Hall–Kier alpha value is -1.12. The molecule has 1 fully saturated rings. The first-order chi connectivity index (χ1) is 30.3. The first-order valence-electron chi connectivity index (χ1n) is 23.3. The molecule has 0 aliphatic carbocycles. The average molecular weight is 1040 g/mol. The first-order valence-corrected chi connectivity index (χ1v) is 30.3. The van der Waals surface area contributed by atoms with Crippen LogP contribution in [-0.2, 0) is 18.2 Å². The quantitative estimate of drug-likeness (QED) is 0.105. The second kappa shape index (κ2) is 26.7. The molecule has 0 bridgehead atoms. The number of halogens is 3. The zero-order chi connectivity index (χ0) is 50.2. The predicted molar refractivity (Wildman–Crippen MR) is 295 cm³/mol. The monoisotopic (exact) mass is 1040 g/mol. The van der Waals surface area contributed by atoms with Crippen LogP contribution in [0.3, 0.4) is 0 Å². The summed E-state index contributed by atoms with van der Waals surface area (Å²) in [6.45, 7) is 37.8. The highest BCUT2D eigenvalue weighted by Gasteiger charge is 2.52. The minimum Gasteiger partial charge on any atom is -0.437 e. The largest absolute Gasteiger partial charge is 0.490 e. The zero-order valence-corrected chi connectivity index (χ0v) is 47.0. The van der Waals surface area contributed by atoms with Gasteiger partial charge in [0.15, 0.2) is 16.6 Å². The summed E-state index contributed by atoms with van der Waals surface area (Å²) in [5.41, 5.74) is 4.28. The topological polar surface area (TPSA) is 150 Å². The van der Waals surface area contributed by atoms with Gasteiger partial charge in [0, 0.05) is 50.5 Å². The first kappa shape index (κ1) is 64.9. The molecule has 4 N–H and O–H groups in total. The summed E-state index contributed by atoms with van der Waals surface area (Å²) in [5, 5.41) is 40.2. The van der Waals surface area contributed by atoms with E-state index in [1.165, 1.54) is 5.47 Å². The van der Waals surface area contributed by atoms with Crippen LogP contribution in [0.2, 0.25) is 65.1 Å². The molecule has 3 aliphatic rings. The van der Waals surface area contributed by atoms with Crippen LogP contribution in [0.1, 0.15) is 126 Å². The van der Waals surface area contributed by atoms with Crippen LogP contribution in [0.5, 0.6) is 0 Å². The lowest BCUT2D eigenvalue weighted by Crippen LogP contribution is -2.42. The third-order valence-electron chi connectivity index (χ3n) is 14.4. The normalized spacial score (nSPS) is 18.6. The molecular weight excluding hydrogens is 956 g/mol. The van der Waals surface area contributed by atoms with Crippen LogP contribution in [0.25, 0.3) is 5.57 Å². The van der Waals surface area contributed by atoms with Crippen LogP contribution in [0.15, 0.2) is 42.2 Å². The van der Waals surface area contributed by atoms with Crippen LogP contribution in [-0.4, -0.2) is 142 Å². The van der Waals surface area contributed by atoms with E-state index in [9.17, 15) is 20.3 Å². The number of aliphatic hydroxyl groups excluding tert-OH is 2. The number of rotatable bonds is 14. The molecule has 0 saturated carbocycles. The van der Waals surface area contributed by atoms with Crippen molar-refractivity contribution in [2.24, 2.45) is 0 Å². The Morgan fingerprint density at radius 2 is 1.13 bits per heavy atom. The van der Waals surface area contributed by atoms with Gasteiger partial charge in [-0.05, 0) is 138 Å². The van der Waals surface area contributed by atoms with E-state index in [1.54, 1.807) is 32.1 Å². The maximum atomic E-state index is 9.89. The molecule has 12 nitrogen and oxygen atoms in total. The van der Waals surface area contributed by atoms with Crippen LogP contribution in [0, 0.1) is 0 Å². The van der Waals surface area contributed by atoms with E-state index in [0.29, 0.717) is 29.8 Å². The molecule has 386 valence electrons. The molecule has 5 rings (SSSR count). The van der Waals surface area contributed by atoms with E-state index in [-0.39, 0.29) is 80.5 Å². The molecule has 1 saturated heterocycles. The maximum Gasteiger partial charge on any atom is 0.490 e. The van der Waals surface area contributed by atoms with Gasteiger partial charge in [-0.1, -0.05) is 103 Å². The minimum atomic E-state index is -1.88. The fourth-order valence-corrected chi connectivity index (χ4v) is 9.29.